The van der Waals surface area contributed by atoms with Crippen molar-refractivity contribution in [2.24, 2.45) is 0 Å². The van der Waals surface area contributed by atoms with Gasteiger partial charge in [-0.1, -0.05) is 18.2 Å². The lowest BCUT2D eigenvalue weighted by molar-refractivity contribution is -0.117. The highest BCUT2D eigenvalue weighted by Crippen LogP contribution is 2.24. The number of anilines is 1. The van der Waals surface area contributed by atoms with Gasteiger partial charge in [0.15, 0.2) is 0 Å². The highest BCUT2D eigenvalue weighted by Gasteiger charge is 2.31. The van der Waals surface area contributed by atoms with Gasteiger partial charge in [0, 0.05) is 30.8 Å². The van der Waals surface area contributed by atoms with E-state index in [9.17, 15) is 9.59 Å². The van der Waals surface area contributed by atoms with Crippen molar-refractivity contribution in [1.82, 2.24) is 10.6 Å². The maximum atomic E-state index is 12.3. The van der Waals surface area contributed by atoms with Crippen molar-refractivity contribution in [2.45, 2.75) is 25.9 Å². The van der Waals surface area contributed by atoms with Gasteiger partial charge in [-0.2, -0.15) is 0 Å². The lowest BCUT2D eigenvalue weighted by Gasteiger charge is -2.18. The number of benzene rings is 2. The van der Waals surface area contributed by atoms with E-state index in [1.54, 1.807) is 12.0 Å². The van der Waals surface area contributed by atoms with Gasteiger partial charge in [-0.25, -0.2) is 4.79 Å². The molecule has 0 spiro atoms. The zero-order valence-corrected chi connectivity index (χ0v) is 16.1. The van der Waals surface area contributed by atoms with Crippen molar-refractivity contribution < 1.29 is 19.1 Å². The van der Waals surface area contributed by atoms with E-state index < -0.39 is 0 Å². The number of hydrogen-bond donors (Lipinski definition) is 2. The maximum Gasteiger partial charge on any atom is 0.315 e. The number of carbonyl (C=O) groups is 2. The van der Waals surface area contributed by atoms with Gasteiger partial charge in [-0.15, -0.1) is 0 Å². The fraction of sp³-hybridized carbons (Fsp3) is 0.333. The summed E-state index contributed by atoms with van der Waals surface area (Å²) in [6.45, 7) is 3.30. The monoisotopic (exact) mass is 383 g/mol. The lowest BCUT2D eigenvalue weighted by Crippen LogP contribution is -2.43. The summed E-state index contributed by atoms with van der Waals surface area (Å²) in [6, 6.07) is 14.4. The molecule has 1 saturated heterocycles. The Bertz CT molecular complexity index is 823. The molecule has 2 aromatic rings. The molecule has 0 aromatic heterocycles. The Kier molecular flexibility index (Phi) is 6.37. The summed E-state index contributed by atoms with van der Waals surface area (Å²) in [5.74, 6) is 1.47. The summed E-state index contributed by atoms with van der Waals surface area (Å²) in [7, 11) is 1.60. The number of carbonyl (C=O) groups excluding carboxylic acids is 2. The molecule has 2 N–H and O–H groups in total. The van der Waals surface area contributed by atoms with Gasteiger partial charge in [0.2, 0.25) is 5.91 Å². The van der Waals surface area contributed by atoms with Crippen LogP contribution in [0, 0.1) is 0 Å². The first kappa shape index (κ1) is 19.5. The van der Waals surface area contributed by atoms with Crippen LogP contribution in [0.1, 0.15) is 18.9 Å². The van der Waals surface area contributed by atoms with Crippen molar-refractivity contribution in [2.75, 3.05) is 25.2 Å². The van der Waals surface area contributed by atoms with E-state index in [1.165, 1.54) is 0 Å². The van der Waals surface area contributed by atoms with Crippen LogP contribution in [0.3, 0.4) is 0 Å². The third-order valence-electron chi connectivity index (χ3n) is 4.55. The van der Waals surface area contributed by atoms with Gasteiger partial charge < -0.3 is 25.0 Å². The van der Waals surface area contributed by atoms with Crippen LogP contribution in [0.15, 0.2) is 48.5 Å². The van der Waals surface area contributed by atoms with Gasteiger partial charge in [0.05, 0.1) is 19.8 Å². The third-order valence-corrected chi connectivity index (χ3v) is 4.55. The molecule has 7 nitrogen and oxygen atoms in total. The standard InChI is InChI=1S/C21H25N3O4/c1-3-28-18-10-8-17(9-11-18)24-14-16(12-20(24)25)23-21(26)22-13-15-6-4-5-7-19(15)27-2/h4-11,16H,3,12-14H2,1-2H3,(H2,22,23,26)/t16-/m0/s1. The molecule has 0 unspecified atom stereocenters. The minimum absolute atomic E-state index is 0.0146. The minimum Gasteiger partial charge on any atom is -0.496 e. The summed E-state index contributed by atoms with van der Waals surface area (Å²) in [4.78, 5) is 26.3. The van der Waals surface area contributed by atoms with Crippen LogP contribution in [0.4, 0.5) is 10.5 Å². The zero-order valence-electron chi connectivity index (χ0n) is 16.1. The number of para-hydroxylation sites is 1. The fourth-order valence-corrected chi connectivity index (χ4v) is 3.20. The second-order valence-electron chi connectivity index (χ2n) is 6.47. The smallest absolute Gasteiger partial charge is 0.315 e. The molecule has 3 amide bonds. The van der Waals surface area contributed by atoms with Crippen LogP contribution < -0.4 is 25.0 Å². The second-order valence-corrected chi connectivity index (χ2v) is 6.47. The fourth-order valence-electron chi connectivity index (χ4n) is 3.20. The van der Waals surface area contributed by atoms with Crippen LogP contribution in [0.2, 0.25) is 0 Å². The topological polar surface area (TPSA) is 79.9 Å². The molecule has 1 aliphatic rings. The average molecular weight is 383 g/mol. The SMILES string of the molecule is CCOc1ccc(N2C[C@@H](NC(=O)NCc3ccccc3OC)CC2=O)cc1. The quantitative estimate of drug-likeness (QED) is 0.770. The molecule has 1 heterocycles. The minimum atomic E-state index is -0.308. The predicted octanol–water partition coefficient (Wildman–Crippen LogP) is 2.70. The van der Waals surface area contributed by atoms with E-state index in [0.717, 1.165) is 22.7 Å². The second kappa shape index (κ2) is 9.12. The van der Waals surface area contributed by atoms with Crippen LogP contribution in [-0.4, -0.2) is 38.2 Å². The Morgan fingerprint density at radius 1 is 1.18 bits per heavy atom. The number of urea groups is 1. The molecule has 0 radical (unpaired) electrons. The first-order valence-corrected chi connectivity index (χ1v) is 9.30. The van der Waals surface area contributed by atoms with Crippen molar-refractivity contribution >= 4 is 17.6 Å². The van der Waals surface area contributed by atoms with E-state index in [1.807, 2.05) is 55.5 Å². The van der Waals surface area contributed by atoms with Crippen LogP contribution in [-0.2, 0) is 11.3 Å². The Morgan fingerprint density at radius 2 is 1.93 bits per heavy atom. The van der Waals surface area contributed by atoms with E-state index in [4.69, 9.17) is 9.47 Å². The number of hydrogen-bond acceptors (Lipinski definition) is 4. The molecule has 1 fully saturated rings. The van der Waals surface area contributed by atoms with Crippen molar-refractivity contribution in [3.8, 4) is 11.5 Å². The summed E-state index contributed by atoms with van der Waals surface area (Å²) in [6.07, 6.45) is 0.273. The van der Waals surface area contributed by atoms with Gasteiger partial charge in [-0.3, -0.25) is 4.79 Å². The molecule has 0 saturated carbocycles. The number of ether oxygens (including phenoxy) is 2. The molecule has 0 aliphatic carbocycles. The average Bonchev–Trinajstić information content (AvgIpc) is 3.07. The van der Waals surface area contributed by atoms with Crippen molar-refractivity contribution in [3.05, 3.63) is 54.1 Å². The first-order valence-electron chi connectivity index (χ1n) is 9.30. The molecule has 148 valence electrons. The molecule has 2 aromatic carbocycles. The summed E-state index contributed by atoms with van der Waals surface area (Å²) >= 11 is 0. The highest BCUT2D eigenvalue weighted by molar-refractivity contribution is 5.96. The number of nitrogens with zero attached hydrogens (tertiary/aromatic N) is 1. The van der Waals surface area contributed by atoms with Gasteiger partial charge in [0.25, 0.3) is 0 Å². The van der Waals surface area contributed by atoms with Crippen LogP contribution in [0.25, 0.3) is 0 Å². The Balaban J connectivity index is 1.52. The predicted molar refractivity (Wildman–Crippen MR) is 107 cm³/mol. The summed E-state index contributed by atoms with van der Waals surface area (Å²) < 4.78 is 10.7. The van der Waals surface area contributed by atoms with E-state index in [-0.39, 0.29) is 24.4 Å². The van der Waals surface area contributed by atoms with Gasteiger partial charge >= 0.3 is 6.03 Å². The molecule has 1 atom stereocenters. The lowest BCUT2D eigenvalue weighted by atomic mass is 10.2. The molecular formula is C21H25N3O4. The van der Waals surface area contributed by atoms with E-state index in [2.05, 4.69) is 10.6 Å². The Labute approximate surface area is 164 Å². The molecule has 3 rings (SSSR count). The number of amides is 3. The maximum absolute atomic E-state index is 12.3. The van der Waals surface area contributed by atoms with Gasteiger partial charge in [0.1, 0.15) is 11.5 Å². The third kappa shape index (κ3) is 4.73. The summed E-state index contributed by atoms with van der Waals surface area (Å²) in [5.41, 5.74) is 1.69. The van der Waals surface area contributed by atoms with E-state index in [0.29, 0.717) is 19.7 Å². The van der Waals surface area contributed by atoms with Crippen molar-refractivity contribution in [3.63, 3.8) is 0 Å². The zero-order chi connectivity index (χ0) is 19.9. The Morgan fingerprint density at radius 3 is 2.64 bits per heavy atom. The number of nitrogens with one attached hydrogen (secondary N) is 2. The largest absolute Gasteiger partial charge is 0.496 e. The molecular weight excluding hydrogens is 358 g/mol. The molecule has 7 heteroatoms. The Hall–Kier alpha value is -3.22. The highest BCUT2D eigenvalue weighted by atomic mass is 16.5. The first-order chi connectivity index (χ1) is 13.6. The van der Waals surface area contributed by atoms with Crippen LogP contribution in [0.5, 0.6) is 11.5 Å². The van der Waals surface area contributed by atoms with Crippen LogP contribution >= 0.6 is 0 Å². The number of methoxy groups -OCH3 is 1. The summed E-state index contributed by atoms with van der Waals surface area (Å²) in [5, 5.41) is 5.69. The van der Waals surface area contributed by atoms with Crippen molar-refractivity contribution in [1.29, 1.82) is 0 Å². The van der Waals surface area contributed by atoms with Gasteiger partial charge in [-0.05, 0) is 37.3 Å². The number of rotatable bonds is 7. The molecule has 28 heavy (non-hydrogen) atoms. The van der Waals surface area contributed by atoms with E-state index >= 15 is 0 Å². The molecule has 0 bridgehead atoms. The normalized spacial score (nSPS) is 16.0. The molecule has 1 aliphatic heterocycles.